The third-order valence-corrected chi connectivity index (χ3v) is 2.81. The Morgan fingerprint density at radius 1 is 0.857 bits per heavy atom. The maximum atomic E-state index is 8.06. The van der Waals surface area contributed by atoms with Crippen LogP contribution in [0.15, 0.2) is 60.8 Å². The van der Waals surface area contributed by atoms with Crippen molar-refractivity contribution in [3.63, 3.8) is 0 Å². The van der Waals surface area contributed by atoms with Crippen LogP contribution in [0.1, 0.15) is 66.2 Å². The predicted molar refractivity (Wildman–Crippen MR) is 122 cm³/mol. The van der Waals surface area contributed by atoms with Crippen molar-refractivity contribution in [3.8, 4) is 0 Å². The molecule has 0 fully saturated rings. The Bertz CT molecular complexity index is 433. The van der Waals surface area contributed by atoms with Crippen LogP contribution in [0, 0.1) is 12.2 Å². The van der Waals surface area contributed by atoms with Crippen molar-refractivity contribution < 1.29 is 34.1 Å². The average molecular weight is 551 g/mol. The molecule has 2 aliphatic carbocycles. The van der Waals surface area contributed by atoms with Crippen LogP contribution in [0.25, 0.3) is 0 Å². The van der Waals surface area contributed by atoms with E-state index in [1.54, 1.807) is 27.7 Å². The molecule has 0 amide bonds. The Balaban J connectivity index is -0.000000309. The summed E-state index contributed by atoms with van der Waals surface area (Å²) in [5.41, 5.74) is 2.82. The summed E-state index contributed by atoms with van der Waals surface area (Å²) < 4.78 is 3.39. The van der Waals surface area contributed by atoms with Gasteiger partial charge >= 0.3 is 28.2 Å². The van der Waals surface area contributed by atoms with Gasteiger partial charge < -0.3 is 10.2 Å². The van der Waals surface area contributed by atoms with E-state index in [2.05, 4.69) is 53.9 Å². The molecule has 3 heteroatoms. The monoisotopic (exact) mass is 552 g/mol. The third-order valence-electron chi connectivity index (χ3n) is 2.81. The normalized spacial score (nSPS) is 12.9. The van der Waals surface area contributed by atoms with Gasteiger partial charge in [0, 0.05) is 12.2 Å². The molecule has 0 heterocycles. The van der Waals surface area contributed by atoms with E-state index in [9.17, 15) is 0 Å². The first-order valence-electron chi connectivity index (χ1n) is 9.78. The number of aliphatic hydroxyl groups excluding tert-OH is 2. The Labute approximate surface area is 189 Å². The van der Waals surface area contributed by atoms with Crippen LogP contribution in [-0.2, 0) is 23.9 Å². The van der Waals surface area contributed by atoms with Gasteiger partial charge in [-0.25, -0.2) is 23.3 Å². The first-order valence-corrected chi connectivity index (χ1v) is 12.3. The Kier molecular flexibility index (Phi) is 29.6. The van der Waals surface area contributed by atoms with Crippen LogP contribution < -0.4 is 0 Å². The van der Waals surface area contributed by atoms with Crippen molar-refractivity contribution in [2.24, 2.45) is 0 Å². The molecule has 2 rings (SSSR count). The standard InChI is InChI=1S/2C9H11.2C3H8O.CH2.Hf/c2*1-2-3-6-9-7-4-5-8-9;2*1-3(2)4;;/h2*2,7-8H,1,3-4,6H2;2*3-4H,1-2H3;1H2;/q2*-1;;;;+2. The van der Waals surface area contributed by atoms with Crippen LogP contribution in [0.4, 0.5) is 0 Å². The van der Waals surface area contributed by atoms with Crippen LogP contribution in [0.2, 0.25) is 0 Å². The first kappa shape index (κ1) is 31.8. The molecular weight excluding hydrogens is 511 g/mol. The van der Waals surface area contributed by atoms with Crippen LogP contribution in [-0.4, -0.2) is 26.7 Å². The molecule has 0 aromatic carbocycles. The zero-order valence-corrected chi connectivity index (χ0v) is 22.0. The molecule has 2 nitrogen and oxygen atoms in total. The second-order valence-electron chi connectivity index (χ2n) is 6.51. The number of hydrogen-bond acceptors (Lipinski definition) is 2. The van der Waals surface area contributed by atoms with Crippen molar-refractivity contribution in [1.82, 2.24) is 0 Å². The third kappa shape index (κ3) is 32.7. The van der Waals surface area contributed by atoms with Gasteiger partial charge in [-0.3, -0.25) is 12.2 Å². The number of allylic oxidation sites excluding steroid dienone is 10. The van der Waals surface area contributed by atoms with E-state index < -0.39 is 0 Å². The van der Waals surface area contributed by atoms with E-state index >= 15 is 0 Å². The zero-order valence-electron chi connectivity index (χ0n) is 18.4. The summed E-state index contributed by atoms with van der Waals surface area (Å²) in [7, 11) is 0. The molecule has 156 valence electrons. The van der Waals surface area contributed by atoms with E-state index in [-0.39, 0.29) is 12.2 Å². The molecule has 28 heavy (non-hydrogen) atoms. The number of aliphatic hydroxyl groups is 2. The fourth-order valence-corrected chi connectivity index (χ4v) is 1.76. The minimum absolute atomic E-state index is 0.167. The topological polar surface area (TPSA) is 40.5 Å². The molecule has 0 unspecified atom stereocenters. The van der Waals surface area contributed by atoms with Crippen LogP contribution in [0.5, 0.6) is 0 Å². The van der Waals surface area contributed by atoms with Gasteiger partial charge in [0.25, 0.3) is 0 Å². The van der Waals surface area contributed by atoms with Gasteiger partial charge in [0.1, 0.15) is 0 Å². The predicted octanol–water partition coefficient (Wildman–Crippen LogP) is 6.02. The second kappa shape index (κ2) is 26.1. The second-order valence-corrected chi connectivity index (χ2v) is 6.51. The van der Waals surface area contributed by atoms with Gasteiger partial charge in [-0.2, -0.15) is 12.2 Å². The summed E-state index contributed by atoms with van der Waals surface area (Å²) in [4.78, 5) is 0. The van der Waals surface area contributed by atoms with Gasteiger partial charge in [-0.05, 0) is 40.5 Å². The van der Waals surface area contributed by atoms with E-state index in [1.165, 1.54) is 11.1 Å². The molecule has 0 atom stereocenters. The summed E-state index contributed by atoms with van der Waals surface area (Å²) in [5, 5.41) is 16.1. The van der Waals surface area contributed by atoms with Crippen LogP contribution >= 0.6 is 0 Å². The molecule has 2 N–H and O–H groups in total. The van der Waals surface area contributed by atoms with Crippen molar-refractivity contribution >= 4 is 4.26 Å². The Morgan fingerprint density at radius 3 is 1.32 bits per heavy atom. The van der Waals surface area contributed by atoms with Crippen LogP contribution in [0.3, 0.4) is 0 Å². The molecule has 2 aliphatic rings. The molecule has 0 saturated heterocycles. The average Bonchev–Trinajstić information content (AvgIpc) is 3.33. The van der Waals surface area contributed by atoms with Crippen molar-refractivity contribution in [1.29, 1.82) is 0 Å². The molecule has 0 aromatic heterocycles. The Morgan fingerprint density at radius 2 is 1.14 bits per heavy atom. The molecule has 0 bridgehead atoms. The maximum absolute atomic E-state index is 8.06. The minimum atomic E-state index is -0.167. The summed E-state index contributed by atoms with van der Waals surface area (Å²) in [5.74, 6) is 0. The fourth-order valence-electron chi connectivity index (χ4n) is 1.76. The van der Waals surface area contributed by atoms with Gasteiger partial charge in [-0.1, -0.05) is 25.0 Å². The summed E-state index contributed by atoms with van der Waals surface area (Å²) in [6.45, 7) is 14.2. The molecule has 0 spiro atoms. The van der Waals surface area contributed by atoms with E-state index in [0.29, 0.717) is 0 Å². The van der Waals surface area contributed by atoms with Gasteiger partial charge in [0.05, 0.1) is 0 Å². The number of rotatable bonds is 6. The van der Waals surface area contributed by atoms with Gasteiger partial charge in [-0.15, -0.1) is 26.0 Å². The van der Waals surface area contributed by atoms with E-state index in [4.69, 9.17) is 10.2 Å². The quantitative estimate of drug-likeness (QED) is 0.241. The van der Waals surface area contributed by atoms with Crippen molar-refractivity contribution in [2.45, 2.75) is 78.4 Å². The van der Waals surface area contributed by atoms with Crippen molar-refractivity contribution in [2.75, 3.05) is 0 Å². The first-order chi connectivity index (χ1) is 13.3. The zero-order chi connectivity index (χ0) is 22.2. The molecule has 0 saturated carbocycles. The summed E-state index contributed by atoms with van der Waals surface area (Å²) in [6.07, 6.45) is 24.9. The van der Waals surface area contributed by atoms with Gasteiger partial charge in [0.2, 0.25) is 0 Å². The molecule has 0 aromatic rings. The molecular formula is C25H40HfO2. The Hall–Kier alpha value is -0.900. The number of hydrogen-bond donors (Lipinski definition) is 2. The summed E-state index contributed by atoms with van der Waals surface area (Å²) in [6, 6.07) is 0. The molecule has 0 aliphatic heterocycles. The molecule has 0 radical (unpaired) electrons. The SMILES string of the molecule is C=CCCC1=CC[C-]=C1.C=CCCC1=CC[C-]=C1.CC(C)O.CC(C)O.[CH2]=[Hf+2]. The summed E-state index contributed by atoms with van der Waals surface area (Å²) >= 11 is 1.06. The van der Waals surface area contributed by atoms with E-state index in [0.717, 1.165) is 62.4 Å². The fraction of sp³-hybridized carbons (Fsp3) is 0.480. The van der Waals surface area contributed by atoms with Gasteiger partial charge in [0.15, 0.2) is 0 Å². The van der Waals surface area contributed by atoms with Crippen molar-refractivity contribution in [3.05, 3.63) is 72.9 Å². The van der Waals surface area contributed by atoms with E-state index in [1.807, 2.05) is 12.2 Å².